The Bertz CT molecular complexity index is 605. The molecule has 3 heteroatoms. The van der Waals surface area contributed by atoms with Crippen LogP contribution in [0.15, 0.2) is 59.1 Å². The van der Waals surface area contributed by atoms with Crippen LogP contribution in [0.25, 0.3) is 0 Å². The van der Waals surface area contributed by atoms with Crippen LogP contribution in [0, 0.1) is 13.8 Å². The molecule has 2 aromatic rings. The Kier molecular flexibility index (Phi) is 4.53. The predicted molar refractivity (Wildman–Crippen MR) is 79.5 cm³/mol. The molecule has 1 aromatic carbocycles. The first-order chi connectivity index (χ1) is 9.16. The Labute approximate surface area is 117 Å². The van der Waals surface area contributed by atoms with Crippen LogP contribution in [-0.4, -0.2) is 10.8 Å². The summed E-state index contributed by atoms with van der Waals surface area (Å²) in [4.78, 5) is 16.2. The molecular weight excluding hydrogens is 254 g/mol. The summed E-state index contributed by atoms with van der Waals surface area (Å²) in [5, 5.41) is 2.66. The molecule has 0 amide bonds. The van der Waals surface area contributed by atoms with E-state index in [1.54, 1.807) is 17.7 Å². The fraction of sp³-hybridized carbons (Fsp3) is 0.125. The Balaban J connectivity index is 2.05. The number of pyridine rings is 1. The molecule has 0 spiro atoms. The second-order valence-electron chi connectivity index (χ2n) is 4.27. The molecule has 0 bridgehead atoms. The molecule has 0 aliphatic carbocycles. The third kappa shape index (κ3) is 3.80. The number of benzene rings is 1. The monoisotopic (exact) mass is 269 g/mol. The summed E-state index contributed by atoms with van der Waals surface area (Å²) < 4.78 is 0. The highest BCUT2D eigenvalue weighted by atomic mass is 32.2. The van der Waals surface area contributed by atoms with E-state index in [4.69, 9.17) is 0 Å². The topological polar surface area (TPSA) is 30.0 Å². The lowest BCUT2D eigenvalue weighted by atomic mass is 10.0. The van der Waals surface area contributed by atoms with E-state index in [2.05, 4.69) is 4.98 Å². The van der Waals surface area contributed by atoms with Gasteiger partial charge in [-0.2, -0.15) is 0 Å². The third-order valence-corrected chi connectivity index (χ3v) is 3.45. The smallest absolute Gasteiger partial charge is 0.186 e. The number of allylic oxidation sites excluding steroid dienone is 1. The van der Waals surface area contributed by atoms with Crippen LogP contribution in [-0.2, 0) is 0 Å². The van der Waals surface area contributed by atoms with Crippen molar-refractivity contribution >= 4 is 17.5 Å². The number of ketones is 1. The summed E-state index contributed by atoms with van der Waals surface area (Å²) in [6, 6.07) is 11.6. The van der Waals surface area contributed by atoms with Crippen LogP contribution in [0.4, 0.5) is 0 Å². The largest absolute Gasteiger partial charge is 0.289 e. The molecule has 2 nitrogen and oxygen atoms in total. The quantitative estimate of drug-likeness (QED) is 0.473. The van der Waals surface area contributed by atoms with E-state index < -0.39 is 0 Å². The van der Waals surface area contributed by atoms with Gasteiger partial charge in [-0.15, -0.1) is 0 Å². The second-order valence-corrected chi connectivity index (χ2v) is 5.20. The third-order valence-electron chi connectivity index (χ3n) is 2.69. The molecule has 96 valence electrons. The number of aromatic nitrogens is 1. The zero-order valence-corrected chi connectivity index (χ0v) is 11.8. The van der Waals surface area contributed by atoms with Gasteiger partial charge in [0.2, 0.25) is 0 Å². The van der Waals surface area contributed by atoms with Crippen LogP contribution < -0.4 is 0 Å². The standard InChI is InChI=1S/C16H15NOS/c1-12-6-7-14(13(2)11-12)15(18)8-10-19-16-5-3-4-9-17-16/h3-11H,1-2H3. The van der Waals surface area contributed by atoms with Crippen LogP contribution in [0.3, 0.4) is 0 Å². The fourth-order valence-corrected chi connectivity index (χ4v) is 2.37. The number of nitrogens with zero attached hydrogens (tertiary/aromatic N) is 1. The normalized spacial score (nSPS) is 10.8. The van der Waals surface area contributed by atoms with Crippen LogP contribution in [0.1, 0.15) is 21.5 Å². The SMILES string of the molecule is Cc1ccc(C(=O)C=CSc2ccccn2)c(C)c1. The maximum atomic E-state index is 12.0. The van der Waals surface area contributed by atoms with E-state index in [1.165, 1.54) is 17.3 Å². The minimum Gasteiger partial charge on any atom is -0.289 e. The molecule has 0 aliphatic heterocycles. The lowest BCUT2D eigenvalue weighted by molar-refractivity contribution is 0.104. The highest BCUT2D eigenvalue weighted by Gasteiger charge is 2.05. The Morgan fingerprint density at radius 1 is 1.21 bits per heavy atom. The van der Waals surface area contributed by atoms with Crippen LogP contribution in [0.5, 0.6) is 0 Å². The van der Waals surface area contributed by atoms with E-state index in [0.29, 0.717) is 0 Å². The summed E-state index contributed by atoms with van der Waals surface area (Å²) in [6.07, 6.45) is 3.33. The van der Waals surface area contributed by atoms with Crippen molar-refractivity contribution in [2.45, 2.75) is 18.9 Å². The van der Waals surface area contributed by atoms with Crippen molar-refractivity contribution in [2.24, 2.45) is 0 Å². The van der Waals surface area contributed by atoms with Gasteiger partial charge in [0.25, 0.3) is 0 Å². The lowest BCUT2D eigenvalue weighted by Crippen LogP contribution is -1.97. The first-order valence-electron chi connectivity index (χ1n) is 6.02. The molecule has 0 aliphatic rings. The highest BCUT2D eigenvalue weighted by Crippen LogP contribution is 2.17. The van der Waals surface area contributed by atoms with Crippen LogP contribution in [0.2, 0.25) is 0 Å². The van der Waals surface area contributed by atoms with Gasteiger partial charge in [0, 0.05) is 11.8 Å². The van der Waals surface area contributed by atoms with Gasteiger partial charge in [-0.05, 0) is 43.0 Å². The van der Waals surface area contributed by atoms with Gasteiger partial charge in [-0.3, -0.25) is 4.79 Å². The molecule has 0 N–H and O–H groups in total. The summed E-state index contributed by atoms with van der Waals surface area (Å²) in [6.45, 7) is 3.98. The van der Waals surface area contributed by atoms with Crippen molar-refractivity contribution in [3.8, 4) is 0 Å². The number of hydrogen-bond acceptors (Lipinski definition) is 3. The second kappa shape index (κ2) is 6.34. The molecule has 0 saturated carbocycles. The molecule has 0 radical (unpaired) electrons. The molecule has 0 atom stereocenters. The summed E-state index contributed by atoms with van der Waals surface area (Å²) in [7, 11) is 0. The first-order valence-corrected chi connectivity index (χ1v) is 6.90. The van der Waals surface area contributed by atoms with Gasteiger partial charge in [0.1, 0.15) is 5.03 Å². The molecule has 2 rings (SSSR count). The fourth-order valence-electron chi connectivity index (χ4n) is 1.76. The number of hydrogen-bond donors (Lipinski definition) is 0. The van der Waals surface area contributed by atoms with Crippen molar-refractivity contribution in [3.05, 3.63) is 70.8 Å². The van der Waals surface area contributed by atoms with E-state index in [-0.39, 0.29) is 5.78 Å². The highest BCUT2D eigenvalue weighted by molar-refractivity contribution is 8.02. The Morgan fingerprint density at radius 3 is 2.74 bits per heavy atom. The number of carbonyl (C=O) groups is 1. The zero-order valence-electron chi connectivity index (χ0n) is 11.0. The Morgan fingerprint density at radius 2 is 2.05 bits per heavy atom. The zero-order chi connectivity index (χ0) is 13.7. The number of carbonyl (C=O) groups excluding carboxylic acids is 1. The Hall–Kier alpha value is -1.87. The minimum atomic E-state index is 0.0286. The number of aryl methyl sites for hydroxylation is 2. The van der Waals surface area contributed by atoms with E-state index in [1.807, 2.05) is 50.2 Å². The molecule has 1 aromatic heterocycles. The number of thioether (sulfide) groups is 1. The van der Waals surface area contributed by atoms with Crippen molar-refractivity contribution < 1.29 is 4.79 Å². The van der Waals surface area contributed by atoms with Crippen molar-refractivity contribution in [1.82, 2.24) is 4.98 Å². The van der Waals surface area contributed by atoms with E-state index in [9.17, 15) is 4.79 Å². The number of rotatable bonds is 4. The minimum absolute atomic E-state index is 0.0286. The molecule has 0 unspecified atom stereocenters. The van der Waals surface area contributed by atoms with Gasteiger partial charge in [-0.25, -0.2) is 4.98 Å². The average Bonchev–Trinajstić information content (AvgIpc) is 2.39. The van der Waals surface area contributed by atoms with Crippen molar-refractivity contribution in [2.75, 3.05) is 0 Å². The first kappa shape index (κ1) is 13.6. The van der Waals surface area contributed by atoms with Crippen LogP contribution >= 0.6 is 11.8 Å². The van der Waals surface area contributed by atoms with E-state index >= 15 is 0 Å². The summed E-state index contributed by atoms with van der Waals surface area (Å²) in [5.41, 5.74) is 2.93. The van der Waals surface area contributed by atoms with Gasteiger partial charge >= 0.3 is 0 Å². The molecule has 1 heterocycles. The van der Waals surface area contributed by atoms with Gasteiger partial charge in [0.05, 0.1) is 0 Å². The maximum Gasteiger partial charge on any atom is 0.186 e. The molecule has 19 heavy (non-hydrogen) atoms. The molecule has 0 saturated heterocycles. The summed E-state index contributed by atoms with van der Waals surface area (Å²) >= 11 is 1.44. The molecular formula is C16H15NOS. The van der Waals surface area contributed by atoms with Crippen molar-refractivity contribution in [1.29, 1.82) is 0 Å². The van der Waals surface area contributed by atoms with Gasteiger partial charge in [0.15, 0.2) is 5.78 Å². The van der Waals surface area contributed by atoms with E-state index in [0.717, 1.165) is 16.2 Å². The summed E-state index contributed by atoms with van der Waals surface area (Å²) in [5.74, 6) is 0.0286. The predicted octanol–water partition coefficient (Wildman–Crippen LogP) is 4.19. The molecule has 0 fully saturated rings. The van der Waals surface area contributed by atoms with Gasteiger partial charge in [-0.1, -0.05) is 41.6 Å². The van der Waals surface area contributed by atoms with Gasteiger partial charge < -0.3 is 0 Å². The lowest BCUT2D eigenvalue weighted by Gasteiger charge is -2.02. The average molecular weight is 269 g/mol. The maximum absolute atomic E-state index is 12.0. The van der Waals surface area contributed by atoms with Crippen molar-refractivity contribution in [3.63, 3.8) is 0 Å².